The second kappa shape index (κ2) is 9.67. The number of halogens is 1. The summed E-state index contributed by atoms with van der Waals surface area (Å²) in [5, 5.41) is 3.31. The van der Waals surface area contributed by atoms with Crippen LogP contribution in [-0.2, 0) is 0 Å². The van der Waals surface area contributed by atoms with Crippen molar-refractivity contribution >= 4 is 34.3 Å². The number of hydrogen-bond donors (Lipinski definition) is 1. The predicted octanol–water partition coefficient (Wildman–Crippen LogP) is 7.70. The lowest BCUT2D eigenvalue weighted by atomic mass is 9.98. The number of hydrogen-bond acceptors (Lipinski definition) is 4. The van der Waals surface area contributed by atoms with E-state index in [2.05, 4.69) is 36.3 Å². The molecule has 0 spiro atoms. The Morgan fingerprint density at radius 3 is 2.67 bits per heavy atom. The van der Waals surface area contributed by atoms with E-state index in [1.165, 1.54) is 5.56 Å². The minimum absolute atomic E-state index is 0.0204. The van der Waals surface area contributed by atoms with E-state index in [-0.39, 0.29) is 12.0 Å². The standard InChI is InChI=1S/C27H27ClN2O3/c1-5-17(4)18-10-12-25-24(14-18)30-27(33-25)20-9-11-22(28)23(15-20)29-26(31)19-7-6-8-21(13-19)32-16(2)3/h6-17H,5H2,1-4H3,(H,29,31)/t17-/m1/s1. The van der Waals surface area contributed by atoms with Crippen molar-refractivity contribution in [3.8, 4) is 17.2 Å². The molecule has 1 N–H and O–H groups in total. The molecule has 0 aliphatic heterocycles. The van der Waals surface area contributed by atoms with Gasteiger partial charge in [-0.15, -0.1) is 0 Å². The summed E-state index contributed by atoms with van der Waals surface area (Å²) >= 11 is 6.38. The maximum atomic E-state index is 12.9. The zero-order valence-electron chi connectivity index (χ0n) is 19.2. The molecule has 170 valence electrons. The number of carbonyl (C=O) groups excluding carboxylic acids is 1. The lowest BCUT2D eigenvalue weighted by Crippen LogP contribution is -2.13. The molecule has 1 amide bonds. The van der Waals surface area contributed by atoms with Gasteiger partial charge >= 0.3 is 0 Å². The highest BCUT2D eigenvalue weighted by Gasteiger charge is 2.15. The van der Waals surface area contributed by atoms with Crippen LogP contribution in [0.5, 0.6) is 5.75 Å². The Kier molecular flexibility index (Phi) is 6.70. The predicted molar refractivity (Wildman–Crippen MR) is 133 cm³/mol. The first kappa shape index (κ1) is 22.9. The van der Waals surface area contributed by atoms with Gasteiger partial charge in [0.1, 0.15) is 11.3 Å². The highest BCUT2D eigenvalue weighted by atomic mass is 35.5. The van der Waals surface area contributed by atoms with Gasteiger partial charge in [-0.1, -0.05) is 37.6 Å². The normalized spacial score (nSPS) is 12.2. The van der Waals surface area contributed by atoms with Gasteiger partial charge in [0.25, 0.3) is 5.91 Å². The van der Waals surface area contributed by atoms with Gasteiger partial charge in [-0.3, -0.25) is 4.79 Å². The number of nitrogens with one attached hydrogen (secondary N) is 1. The molecule has 33 heavy (non-hydrogen) atoms. The maximum absolute atomic E-state index is 12.9. The summed E-state index contributed by atoms with van der Waals surface area (Å²) in [6.07, 6.45) is 1.08. The summed E-state index contributed by atoms with van der Waals surface area (Å²) < 4.78 is 11.7. The van der Waals surface area contributed by atoms with E-state index in [0.717, 1.165) is 23.1 Å². The fourth-order valence-corrected chi connectivity index (χ4v) is 3.71. The summed E-state index contributed by atoms with van der Waals surface area (Å²) in [5.41, 5.74) is 4.46. The molecule has 1 heterocycles. The van der Waals surface area contributed by atoms with Crippen LogP contribution in [0.4, 0.5) is 5.69 Å². The molecule has 3 aromatic carbocycles. The molecule has 0 aliphatic rings. The van der Waals surface area contributed by atoms with Crippen molar-refractivity contribution in [2.45, 2.75) is 46.1 Å². The average molecular weight is 463 g/mol. The molecule has 0 radical (unpaired) electrons. The number of oxazole rings is 1. The average Bonchev–Trinajstić information content (AvgIpc) is 3.23. The number of anilines is 1. The number of nitrogens with zero attached hydrogens (tertiary/aromatic N) is 1. The van der Waals surface area contributed by atoms with Crippen molar-refractivity contribution in [3.63, 3.8) is 0 Å². The minimum atomic E-state index is -0.279. The van der Waals surface area contributed by atoms with Gasteiger partial charge in [0.05, 0.1) is 16.8 Å². The lowest BCUT2D eigenvalue weighted by molar-refractivity contribution is 0.102. The number of carbonyl (C=O) groups is 1. The third-order valence-electron chi connectivity index (χ3n) is 5.52. The molecule has 0 bridgehead atoms. The van der Waals surface area contributed by atoms with Crippen LogP contribution in [-0.4, -0.2) is 17.0 Å². The van der Waals surface area contributed by atoms with E-state index >= 15 is 0 Å². The number of aromatic nitrogens is 1. The molecular weight excluding hydrogens is 436 g/mol. The molecule has 4 rings (SSSR count). The van der Waals surface area contributed by atoms with Gasteiger partial charge in [0.15, 0.2) is 5.58 Å². The van der Waals surface area contributed by atoms with Crippen LogP contribution in [0.25, 0.3) is 22.6 Å². The van der Waals surface area contributed by atoms with Gasteiger partial charge in [-0.25, -0.2) is 4.98 Å². The second-order valence-electron chi connectivity index (χ2n) is 8.40. The summed E-state index contributed by atoms with van der Waals surface area (Å²) in [4.78, 5) is 17.5. The fourth-order valence-electron chi connectivity index (χ4n) is 3.54. The first-order valence-corrected chi connectivity index (χ1v) is 11.5. The van der Waals surface area contributed by atoms with Crippen LogP contribution in [0.15, 0.2) is 65.1 Å². The van der Waals surface area contributed by atoms with E-state index < -0.39 is 0 Å². The summed E-state index contributed by atoms with van der Waals surface area (Å²) in [7, 11) is 0. The van der Waals surface area contributed by atoms with E-state index in [4.69, 9.17) is 20.8 Å². The van der Waals surface area contributed by atoms with Crippen molar-refractivity contribution in [1.29, 1.82) is 0 Å². The largest absolute Gasteiger partial charge is 0.491 e. The smallest absolute Gasteiger partial charge is 0.255 e. The molecule has 0 aliphatic carbocycles. The van der Waals surface area contributed by atoms with Crippen LogP contribution < -0.4 is 10.1 Å². The quantitative estimate of drug-likeness (QED) is 0.305. The number of amides is 1. The molecule has 5 nitrogen and oxygen atoms in total. The van der Waals surface area contributed by atoms with Crippen LogP contribution in [0.1, 0.15) is 56.0 Å². The van der Waals surface area contributed by atoms with Crippen molar-refractivity contribution in [1.82, 2.24) is 4.98 Å². The zero-order valence-corrected chi connectivity index (χ0v) is 19.9. The van der Waals surface area contributed by atoms with Crippen LogP contribution in [0.2, 0.25) is 5.02 Å². The summed E-state index contributed by atoms with van der Waals surface area (Å²) in [5.74, 6) is 1.29. The Bertz CT molecular complexity index is 1300. The van der Waals surface area contributed by atoms with E-state index in [9.17, 15) is 4.79 Å². The summed E-state index contributed by atoms with van der Waals surface area (Å²) in [6, 6.07) is 18.5. The van der Waals surface area contributed by atoms with Crippen molar-refractivity contribution in [2.24, 2.45) is 0 Å². The highest BCUT2D eigenvalue weighted by molar-refractivity contribution is 6.34. The van der Waals surface area contributed by atoms with Gasteiger partial charge in [-0.05, 0) is 80.3 Å². The van der Waals surface area contributed by atoms with E-state index in [0.29, 0.717) is 33.8 Å². The maximum Gasteiger partial charge on any atom is 0.255 e. The fraction of sp³-hybridized carbons (Fsp3) is 0.259. The third kappa shape index (κ3) is 5.20. The molecule has 0 fully saturated rings. The monoisotopic (exact) mass is 462 g/mol. The molecule has 1 aromatic heterocycles. The Hall–Kier alpha value is -3.31. The third-order valence-corrected chi connectivity index (χ3v) is 5.85. The number of fused-ring (bicyclic) bond motifs is 1. The zero-order chi connectivity index (χ0) is 23.5. The lowest BCUT2D eigenvalue weighted by Gasteiger charge is -2.12. The molecule has 0 saturated heterocycles. The van der Waals surface area contributed by atoms with Gasteiger partial charge in [-0.2, -0.15) is 0 Å². The van der Waals surface area contributed by atoms with Crippen molar-refractivity contribution in [2.75, 3.05) is 5.32 Å². The van der Waals surface area contributed by atoms with Crippen LogP contribution in [0, 0.1) is 0 Å². The molecule has 1 atom stereocenters. The highest BCUT2D eigenvalue weighted by Crippen LogP contribution is 2.32. The number of ether oxygens (including phenoxy) is 1. The topological polar surface area (TPSA) is 64.4 Å². The van der Waals surface area contributed by atoms with E-state index in [1.54, 1.807) is 30.3 Å². The first-order valence-electron chi connectivity index (χ1n) is 11.1. The Morgan fingerprint density at radius 1 is 1.09 bits per heavy atom. The first-order chi connectivity index (χ1) is 15.8. The van der Waals surface area contributed by atoms with Crippen molar-refractivity contribution < 1.29 is 13.9 Å². The van der Waals surface area contributed by atoms with E-state index in [1.807, 2.05) is 32.0 Å². The molecule has 0 unspecified atom stereocenters. The Labute approximate surface area is 198 Å². The number of rotatable bonds is 7. The molecular formula is C27H27ClN2O3. The minimum Gasteiger partial charge on any atom is -0.491 e. The van der Waals surface area contributed by atoms with Crippen molar-refractivity contribution in [3.05, 3.63) is 76.8 Å². The number of benzene rings is 3. The SMILES string of the molecule is CC[C@@H](C)c1ccc2oc(-c3ccc(Cl)c(NC(=O)c4cccc(OC(C)C)c4)c3)nc2c1. The van der Waals surface area contributed by atoms with Gasteiger partial charge < -0.3 is 14.5 Å². The summed E-state index contributed by atoms with van der Waals surface area (Å²) in [6.45, 7) is 8.24. The Morgan fingerprint density at radius 2 is 1.91 bits per heavy atom. The van der Waals surface area contributed by atoms with Crippen LogP contribution in [0.3, 0.4) is 0 Å². The molecule has 0 saturated carbocycles. The Balaban J connectivity index is 1.60. The molecule has 4 aromatic rings. The van der Waals surface area contributed by atoms with Crippen LogP contribution >= 0.6 is 11.6 Å². The molecule has 6 heteroatoms. The van der Waals surface area contributed by atoms with Gasteiger partial charge in [0.2, 0.25) is 5.89 Å². The van der Waals surface area contributed by atoms with Gasteiger partial charge in [0, 0.05) is 11.1 Å². The second-order valence-corrected chi connectivity index (χ2v) is 8.81.